The number of hydrogen-bond donors (Lipinski definition) is 0. The van der Waals surface area contributed by atoms with Crippen LogP contribution in [0.4, 0.5) is 0 Å². The fourth-order valence-electron chi connectivity index (χ4n) is 8.53. The Morgan fingerprint density at radius 1 is 0.273 bits per heavy atom. The summed E-state index contributed by atoms with van der Waals surface area (Å²) in [4.78, 5) is 0. The first-order valence-electron chi connectivity index (χ1n) is 15.4. The Balaban J connectivity index is 1.39. The van der Waals surface area contributed by atoms with Gasteiger partial charge in [0.25, 0.3) is 0 Å². The van der Waals surface area contributed by atoms with Crippen LogP contribution in [0, 0.1) is 6.07 Å². The lowest BCUT2D eigenvalue weighted by atomic mass is 9.87. The second-order valence-corrected chi connectivity index (χ2v) is 12.3. The van der Waals surface area contributed by atoms with Crippen LogP contribution in [0.5, 0.6) is 0 Å². The summed E-state index contributed by atoms with van der Waals surface area (Å²) in [5, 5.41) is 23.9. The summed E-state index contributed by atoms with van der Waals surface area (Å²) < 4.78 is 0. The third kappa shape index (κ3) is 2.66. The van der Waals surface area contributed by atoms with Gasteiger partial charge in [0.1, 0.15) is 0 Å². The van der Waals surface area contributed by atoms with Crippen LogP contribution >= 0.6 is 0 Å². The summed E-state index contributed by atoms with van der Waals surface area (Å²) in [6.45, 7) is 0. The van der Waals surface area contributed by atoms with E-state index >= 15 is 0 Å². The predicted molar refractivity (Wildman–Crippen MR) is 191 cm³/mol. The Morgan fingerprint density at radius 2 is 0.818 bits per heavy atom. The van der Waals surface area contributed by atoms with Crippen LogP contribution in [0.3, 0.4) is 0 Å². The summed E-state index contributed by atoms with van der Waals surface area (Å²) in [7, 11) is 0. The molecule has 1 radical (unpaired) electrons. The average Bonchev–Trinajstić information content (AvgIpc) is 3.61. The Kier molecular flexibility index (Phi) is 4.15. The minimum atomic E-state index is 1.28. The van der Waals surface area contributed by atoms with Gasteiger partial charge >= 0.3 is 0 Å². The maximum Gasteiger partial charge on any atom is -0.000719 e. The molecule has 199 valence electrons. The molecule has 0 fully saturated rings. The van der Waals surface area contributed by atoms with Crippen LogP contribution < -0.4 is 0 Å². The summed E-state index contributed by atoms with van der Waals surface area (Å²) in [5.74, 6) is 0. The smallest absolute Gasteiger partial charge is 0.000719 e. The summed E-state index contributed by atoms with van der Waals surface area (Å²) in [6, 6.07) is 55.3. The van der Waals surface area contributed by atoms with Crippen molar-refractivity contribution >= 4 is 97.0 Å². The zero-order chi connectivity index (χ0) is 28.5. The van der Waals surface area contributed by atoms with Gasteiger partial charge in [-0.2, -0.15) is 0 Å². The topological polar surface area (TPSA) is 0 Å². The van der Waals surface area contributed by atoms with Gasteiger partial charge in [0.05, 0.1) is 0 Å². The molecule has 0 aromatic heterocycles. The second kappa shape index (κ2) is 8.01. The molecule has 0 heteroatoms. The molecular weight excluding hydrogens is 528 g/mol. The van der Waals surface area contributed by atoms with Crippen LogP contribution in [-0.4, -0.2) is 0 Å². The van der Waals surface area contributed by atoms with Crippen LogP contribution in [0.15, 0.2) is 140 Å². The molecule has 0 atom stereocenters. The molecule has 11 aromatic carbocycles. The molecule has 0 saturated heterocycles. The van der Waals surface area contributed by atoms with E-state index in [1.165, 1.54) is 108 Å². The Bertz CT molecular complexity index is 2970. The lowest BCUT2D eigenvalue weighted by Gasteiger charge is -2.15. The summed E-state index contributed by atoms with van der Waals surface area (Å²) in [6.07, 6.45) is 0. The van der Waals surface area contributed by atoms with E-state index in [0.29, 0.717) is 0 Å². The van der Waals surface area contributed by atoms with E-state index in [1.807, 2.05) is 0 Å². The Hall–Kier alpha value is -5.72. The first-order chi connectivity index (χ1) is 21.9. The molecule has 44 heavy (non-hydrogen) atoms. The number of hydrogen-bond acceptors (Lipinski definition) is 0. The molecule has 0 unspecified atom stereocenters. The molecule has 0 aliphatic carbocycles. The van der Waals surface area contributed by atoms with Crippen molar-refractivity contribution in [2.75, 3.05) is 0 Å². The Labute approximate surface area is 253 Å². The zero-order valence-electron chi connectivity index (χ0n) is 23.8. The molecule has 0 amide bonds. The van der Waals surface area contributed by atoms with E-state index in [-0.39, 0.29) is 0 Å². The van der Waals surface area contributed by atoms with Crippen LogP contribution in [0.25, 0.3) is 108 Å². The molecule has 11 rings (SSSR count). The standard InChI is InChI=1S/C44H23/c1-2-10-26-25(9-1)19-20-32-27-15-7-16-28(33(27)22-21-31(26)32)37-23-24-38-30-12-3-5-13-34(30)40-39-18-8-17-35-29-11-4-6-14-36(29)42(41(35)39)44(37)43(38)40/h1-2,4-24H. The highest BCUT2D eigenvalue weighted by molar-refractivity contribution is 6.49. The minimum absolute atomic E-state index is 1.28. The predicted octanol–water partition coefficient (Wildman–Crippen LogP) is 12.4. The van der Waals surface area contributed by atoms with Gasteiger partial charge < -0.3 is 0 Å². The van der Waals surface area contributed by atoms with E-state index in [4.69, 9.17) is 0 Å². The molecule has 0 saturated carbocycles. The zero-order valence-corrected chi connectivity index (χ0v) is 23.8. The van der Waals surface area contributed by atoms with Crippen molar-refractivity contribution in [3.8, 4) is 11.1 Å². The van der Waals surface area contributed by atoms with Crippen LogP contribution in [0.1, 0.15) is 0 Å². The maximum absolute atomic E-state index is 3.37. The molecule has 11 aromatic rings. The first kappa shape index (κ1) is 22.8. The van der Waals surface area contributed by atoms with Gasteiger partial charge in [0.2, 0.25) is 0 Å². The highest BCUT2D eigenvalue weighted by Gasteiger charge is 2.24. The fourth-order valence-corrected chi connectivity index (χ4v) is 8.53. The van der Waals surface area contributed by atoms with Crippen molar-refractivity contribution in [3.63, 3.8) is 0 Å². The molecule has 0 nitrogen and oxygen atoms in total. The van der Waals surface area contributed by atoms with E-state index in [1.54, 1.807) is 0 Å². The van der Waals surface area contributed by atoms with Gasteiger partial charge in [0.15, 0.2) is 0 Å². The third-order valence-electron chi connectivity index (χ3n) is 10.3. The highest BCUT2D eigenvalue weighted by atomic mass is 14.3. The monoisotopic (exact) mass is 551 g/mol. The summed E-state index contributed by atoms with van der Waals surface area (Å²) in [5.41, 5.74) is 2.59. The summed E-state index contributed by atoms with van der Waals surface area (Å²) >= 11 is 0. The maximum atomic E-state index is 3.37. The average molecular weight is 552 g/mol. The number of rotatable bonds is 1. The lowest BCUT2D eigenvalue weighted by Crippen LogP contribution is -1.88. The highest BCUT2D eigenvalue weighted by Crippen LogP contribution is 2.53. The van der Waals surface area contributed by atoms with E-state index in [9.17, 15) is 0 Å². The number of fused-ring (bicyclic) bond motifs is 13. The van der Waals surface area contributed by atoms with Crippen LogP contribution in [0.2, 0.25) is 0 Å². The molecular formula is C44H23. The van der Waals surface area contributed by atoms with Gasteiger partial charge in [0, 0.05) is 0 Å². The van der Waals surface area contributed by atoms with Crippen molar-refractivity contribution in [1.29, 1.82) is 0 Å². The third-order valence-corrected chi connectivity index (χ3v) is 10.3. The fraction of sp³-hybridized carbons (Fsp3) is 0. The normalized spacial score (nSPS) is 12.5. The molecule has 0 bridgehead atoms. The van der Waals surface area contributed by atoms with E-state index in [2.05, 4.69) is 146 Å². The van der Waals surface area contributed by atoms with Crippen LogP contribution in [-0.2, 0) is 0 Å². The van der Waals surface area contributed by atoms with Crippen molar-refractivity contribution < 1.29 is 0 Å². The van der Waals surface area contributed by atoms with Gasteiger partial charge in [-0.05, 0) is 120 Å². The van der Waals surface area contributed by atoms with Crippen molar-refractivity contribution in [2.24, 2.45) is 0 Å². The van der Waals surface area contributed by atoms with Crippen molar-refractivity contribution in [3.05, 3.63) is 146 Å². The Morgan fingerprint density at radius 3 is 1.73 bits per heavy atom. The van der Waals surface area contributed by atoms with Gasteiger partial charge in [-0.3, -0.25) is 0 Å². The van der Waals surface area contributed by atoms with Gasteiger partial charge in [-0.1, -0.05) is 133 Å². The molecule has 0 aliphatic heterocycles. The molecule has 0 aliphatic rings. The SMILES string of the molecule is [c]1ccc2c(c1)c1ccc(-c3cccc4c3ccc3c5ccccc5ccc43)c3c1c2c1cccc2c4ccccc4c3c21. The lowest BCUT2D eigenvalue weighted by molar-refractivity contribution is 1.74. The van der Waals surface area contributed by atoms with E-state index in [0.717, 1.165) is 0 Å². The van der Waals surface area contributed by atoms with Gasteiger partial charge in [-0.25, -0.2) is 0 Å². The second-order valence-electron chi connectivity index (χ2n) is 12.3. The number of benzene rings is 9. The minimum Gasteiger partial charge on any atom is -0.0616 e. The van der Waals surface area contributed by atoms with Crippen molar-refractivity contribution in [1.82, 2.24) is 0 Å². The van der Waals surface area contributed by atoms with E-state index < -0.39 is 0 Å². The molecule has 0 heterocycles. The van der Waals surface area contributed by atoms with Crippen molar-refractivity contribution in [2.45, 2.75) is 0 Å². The molecule has 0 N–H and O–H groups in total. The largest absolute Gasteiger partial charge is 0.0616 e. The van der Waals surface area contributed by atoms with Gasteiger partial charge in [-0.15, -0.1) is 0 Å². The quantitative estimate of drug-likeness (QED) is 0.141. The first-order valence-corrected chi connectivity index (χ1v) is 15.4. The molecule has 0 spiro atoms.